The maximum atomic E-state index is 14.6. The molecule has 0 radical (unpaired) electrons. The van der Waals surface area contributed by atoms with Gasteiger partial charge >= 0.3 is 0 Å². The van der Waals surface area contributed by atoms with Crippen LogP contribution in [-0.4, -0.2) is 87.1 Å². The topological polar surface area (TPSA) is 90.4 Å². The van der Waals surface area contributed by atoms with Crippen LogP contribution in [0.25, 0.3) is 0 Å². The van der Waals surface area contributed by atoms with Crippen LogP contribution < -0.4 is 0 Å². The Labute approximate surface area is 254 Å². The molecule has 0 saturated carbocycles. The molecule has 6 atom stereocenters. The lowest BCUT2D eigenvalue weighted by atomic mass is 9.70. The third-order valence-corrected chi connectivity index (χ3v) is 9.29. The number of carbonyl (C=O) groups excluding carboxylic acids is 3. The van der Waals surface area contributed by atoms with Gasteiger partial charge in [0, 0.05) is 25.7 Å². The second kappa shape index (κ2) is 12.9. The normalized spacial score (nSPS) is 26.3. The highest BCUT2D eigenvalue weighted by atomic mass is 16.5. The zero-order valence-corrected chi connectivity index (χ0v) is 25.2. The van der Waals surface area contributed by atoms with Crippen molar-refractivity contribution in [1.29, 1.82) is 0 Å². The monoisotopic (exact) mass is 585 g/mol. The molecule has 3 heterocycles. The second-order valence-electron chi connectivity index (χ2n) is 12.2. The molecule has 2 aromatic carbocycles. The largest absolute Gasteiger partial charge is 0.394 e. The third kappa shape index (κ3) is 5.54. The summed E-state index contributed by atoms with van der Waals surface area (Å²) in [5, 5.41) is 10.7. The Morgan fingerprint density at radius 1 is 1.02 bits per heavy atom. The van der Waals surface area contributed by atoms with E-state index in [9.17, 15) is 19.5 Å². The zero-order chi connectivity index (χ0) is 30.7. The average Bonchev–Trinajstić information content (AvgIpc) is 3.66. The fourth-order valence-corrected chi connectivity index (χ4v) is 7.44. The van der Waals surface area contributed by atoms with Crippen molar-refractivity contribution < 1.29 is 24.2 Å². The molecule has 1 N–H and O–H groups in total. The molecule has 8 nitrogen and oxygen atoms in total. The highest BCUT2D eigenvalue weighted by Gasteiger charge is 2.75. The van der Waals surface area contributed by atoms with E-state index < -0.39 is 35.6 Å². The average molecular weight is 586 g/mol. The first-order chi connectivity index (χ1) is 20.8. The molecule has 3 saturated heterocycles. The summed E-state index contributed by atoms with van der Waals surface area (Å²) in [6, 6.07) is 17.6. The van der Waals surface area contributed by atoms with E-state index >= 15 is 0 Å². The Morgan fingerprint density at radius 3 is 2.23 bits per heavy atom. The minimum atomic E-state index is -1.15. The van der Waals surface area contributed by atoms with Gasteiger partial charge in [-0.15, -0.1) is 13.2 Å². The third-order valence-electron chi connectivity index (χ3n) is 9.29. The predicted molar refractivity (Wildman–Crippen MR) is 165 cm³/mol. The van der Waals surface area contributed by atoms with Crippen molar-refractivity contribution >= 4 is 17.7 Å². The maximum Gasteiger partial charge on any atom is 0.248 e. The molecule has 0 aliphatic carbocycles. The summed E-state index contributed by atoms with van der Waals surface area (Å²) in [6.45, 7) is 12.3. The first kappa shape index (κ1) is 30.7. The zero-order valence-electron chi connectivity index (χ0n) is 25.2. The molecule has 2 bridgehead atoms. The Kier molecular flexibility index (Phi) is 9.18. The van der Waals surface area contributed by atoms with Crippen LogP contribution >= 0.6 is 0 Å². The SMILES string of the molecule is C=CCN(Cc1ccccc1)C(=O)[C@@H]1[C@H]2C(=O)N([C@@H](CO)Cc3ccccc3)C(C(=O)N(CC=C)C(C)C)C23CC[C@H]1O3. The number of likely N-dealkylation sites (tertiary alicyclic amines) is 1. The van der Waals surface area contributed by atoms with Crippen molar-refractivity contribution in [3.8, 4) is 0 Å². The van der Waals surface area contributed by atoms with Gasteiger partial charge in [0.25, 0.3) is 0 Å². The summed E-state index contributed by atoms with van der Waals surface area (Å²) in [5.41, 5.74) is 0.772. The number of amides is 3. The van der Waals surface area contributed by atoms with Gasteiger partial charge in [-0.25, -0.2) is 0 Å². The van der Waals surface area contributed by atoms with Crippen molar-refractivity contribution in [2.75, 3.05) is 19.7 Å². The van der Waals surface area contributed by atoms with Crippen molar-refractivity contribution in [1.82, 2.24) is 14.7 Å². The van der Waals surface area contributed by atoms with Gasteiger partial charge in [0.05, 0.1) is 30.6 Å². The number of aliphatic hydroxyl groups is 1. The number of aliphatic hydroxyl groups excluding tert-OH is 1. The number of hydrogen-bond acceptors (Lipinski definition) is 5. The van der Waals surface area contributed by atoms with Crippen molar-refractivity contribution in [3.05, 3.63) is 97.1 Å². The molecule has 5 rings (SSSR count). The van der Waals surface area contributed by atoms with Crippen molar-refractivity contribution in [2.24, 2.45) is 11.8 Å². The molecule has 43 heavy (non-hydrogen) atoms. The molecule has 8 heteroatoms. The molecule has 2 aromatic rings. The van der Waals surface area contributed by atoms with E-state index in [0.29, 0.717) is 38.9 Å². The van der Waals surface area contributed by atoms with Crippen LogP contribution in [0.5, 0.6) is 0 Å². The van der Waals surface area contributed by atoms with Crippen molar-refractivity contribution in [3.63, 3.8) is 0 Å². The maximum absolute atomic E-state index is 14.6. The Balaban J connectivity index is 1.55. The number of hydrogen-bond donors (Lipinski definition) is 1. The summed E-state index contributed by atoms with van der Waals surface area (Å²) in [5.74, 6) is -2.25. The molecule has 0 aromatic heterocycles. The molecule has 1 spiro atoms. The Morgan fingerprint density at radius 2 is 1.65 bits per heavy atom. The van der Waals surface area contributed by atoms with Crippen LogP contribution in [0.1, 0.15) is 37.8 Å². The van der Waals surface area contributed by atoms with Crippen LogP contribution in [-0.2, 0) is 32.1 Å². The van der Waals surface area contributed by atoms with Crippen LogP contribution in [0.15, 0.2) is 86.0 Å². The first-order valence-electron chi connectivity index (χ1n) is 15.3. The lowest BCUT2D eigenvalue weighted by molar-refractivity contribution is -0.152. The lowest BCUT2D eigenvalue weighted by Gasteiger charge is -2.40. The van der Waals surface area contributed by atoms with E-state index in [4.69, 9.17) is 4.74 Å². The van der Waals surface area contributed by atoms with E-state index in [1.807, 2.05) is 74.5 Å². The molecule has 3 amide bonds. The molecule has 2 unspecified atom stereocenters. The fraction of sp³-hybridized carbons (Fsp3) is 0.457. The molecule has 3 fully saturated rings. The minimum absolute atomic E-state index is 0.149. The fourth-order valence-electron chi connectivity index (χ4n) is 7.44. The summed E-state index contributed by atoms with van der Waals surface area (Å²) in [7, 11) is 0. The van der Waals surface area contributed by atoms with E-state index in [1.54, 1.807) is 26.9 Å². The van der Waals surface area contributed by atoms with E-state index in [2.05, 4.69) is 13.2 Å². The highest BCUT2D eigenvalue weighted by molar-refractivity contribution is 5.99. The van der Waals surface area contributed by atoms with Crippen LogP contribution in [0, 0.1) is 11.8 Å². The van der Waals surface area contributed by atoms with Crippen LogP contribution in [0.4, 0.5) is 0 Å². The lowest BCUT2D eigenvalue weighted by Crippen LogP contribution is -2.60. The summed E-state index contributed by atoms with van der Waals surface area (Å²) >= 11 is 0. The molecule has 3 aliphatic rings. The van der Waals surface area contributed by atoms with Crippen LogP contribution in [0.3, 0.4) is 0 Å². The first-order valence-corrected chi connectivity index (χ1v) is 15.3. The van der Waals surface area contributed by atoms with Crippen LogP contribution in [0.2, 0.25) is 0 Å². The smallest absolute Gasteiger partial charge is 0.248 e. The number of carbonyl (C=O) groups is 3. The number of ether oxygens (including phenoxy) is 1. The number of benzene rings is 2. The highest BCUT2D eigenvalue weighted by Crippen LogP contribution is 2.59. The minimum Gasteiger partial charge on any atom is -0.394 e. The van der Waals surface area contributed by atoms with Gasteiger partial charge in [0.1, 0.15) is 11.6 Å². The number of rotatable bonds is 13. The van der Waals surface area contributed by atoms with Gasteiger partial charge in [-0.3, -0.25) is 14.4 Å². The number of nitrogens with zero attached hydrogens (tertiary/aromatic N) is 3. The van der Waals surface area contributed by atoms with Gasteiger partial charge in [-0.1, -0.05) is 72.8 Å². The molecule has 228 valence electrons. The standard InChI is InChI=1S/C35H43N3O5/c1-5-19-36(22-26-15-11-8-12-16-26)32(40)29-28-17-18-35(43-28)30(29)33(41)38(27(23-39)21-25-13-9-7-10-14-25)31(35)34(42)37(20-6-2)24(3)4/h5-16,24,27-31,39H,1-2,17-23H2,3-4H3/t27-,28-,29+,30+,31?,35?/m1/s1. The van der Waals surface area contributed by atoms with Gasteiger partial charge < -0.3 is 24.5 Å². The number of fused-ring (bicyclic) bond motifs is 1. The van der Waals surface area contributed by atoms with Gasteiger partial charge in [-0.05, 0) is 44.2 Å². The molecular weight excluding hydrogens is 542 g/mol. The Hall–Kier alpha value is -3.75. The van der Waals surface area contributed by atoms with Gasteiger partial charge in [0.2, 0.25) is 17.7 Å². The predicted octanol–water partition coefficient (Wildman–Crippen LogP) is 3.60. The summed E-state index contributed by atoms with van der Waals surface area (Å²) in [4.78, 5) is 48.5. The second-order valence-corrected chi connectivity index (χ2v) is 12.2. The van der Waals surface area contributed by atoms with E-state index in [-0.39, 0.29) is 30.4 Å². The quantitative estimate of drug-likeness (QED) is 0.363. The summed E-state index contributed by atoms with van der Waals surface area (Å²) in [6.07, 6.45) is 4.35. The summed E-state index contributed by atoms with van der Waals surface area (Å²) < 4.78 is 6.69. The molecular formula is C35H43N3O5. The van der Waals surface area contributed by atoms with Gasteiger partial charge in [0.15, 0.2) is 0 Å². The Bertz CT molecular complexity index is 1330. The van der Waals surface area contributed by atoms with E-state index in [0.717, 1.165) is 11.1 Å². The van der Waals surface area contributed by atoms with Crippen molar-refractivity contribution in [2.45, 2.75) is 69.5 Å². The van der Waals surface area contributed by atoms with E-state index in [1.165, 1.54) is 0 Å². The molecule has 3 aliphatic heterocycles. The van der Waals surface area contributed by atoms with Gasteiger partial charge in [-0.2, -0.15) is 0 Å².